The zero-order valence-electron chi connectivity index (χ0n) is 7.57. The molecule has 0 spiro atoms. The lowest BCUT2D eigenvalue weighted by molar-refractivity contribution is 0.152. The first-order valence-electron chi connectivity index (χ1n) is 4.09. The molecule has 59 valence electrons. The molecule has 0 N–H and O–H groups in total. The normalized spacial score (nSPS) is 28.8. The van der Waals surface area contributed by atoms with Gasteiger partial charge in [0.2, 0.25) is 0 Å². The number of piperidine rings is 1. The molecule has 0 aromatic rings. The summed E-state index contributed by atoms with van der Waals surface area (Å²) in [5.41, 5.74) is 0.451. The molecule has 1 heterocycles. The van der Waals surface area contributed by atoms with Crippen LogP contribution in [0.4, 0.5) is 0 Å². The molecule has 1 aliphatic rings. The van der Waals surface area contributed by atoms with Crippen molar-refractivity contribution in [3.63, 3.8) is 0 Å². The fourth-order valence-electron chi connectivity index (χ4n) is 1.62. The first-order chi connectivity index (χ1) is 4.54. The lowest BCUT2D eigenvalue weighted by Gasteiger charge is -2.42. The molecule has 0 aliphatic carbocycles. The van der Waals surface area contributed by atoms with E-state index in [1.54, 1.807) is 6.04 Å². The van der Waals surface area contributed by atoms with Crippen LogP contribution < -0.4 is 0 Å². The van der Waals surface area contributed by atoms with Crippen molar-refractivity contribution in [3.8, 4) is 0 Å². The summed E-state index contributed by atoms with van der Waals surface area (Å²) < 4.78 is 0. The van der Waals surface area contributed by atoms with E-state index in [0.29, 0.717) is 5.41 Å². The Bertz CT molecular complexity index is 118. The van der Waals surface area contributed by atoms with Gasteiger partial charge in [0.1, 0.15) is 0 Å². The van der Waals surface area contributed by atoms with Gasteiger partial charge in [-0.25, -0.2) is 0 Å². The Hall–Kier alpha value is -0.0400. The van der Waals surface area contributed by atoms with Crippen LogP contribution in [0, 0.1) is 11.5 Å². The second-order valence-electron chi connectivity index (χ2n) is 3.99. The molecule has 0 aromatic heterocycles. The Kier molecular flexibility index (Phi) is 2.04. The van der Waals surface area contributed by atoms with E-state index in [2.05, 4.69) is 32.7 Å². The van der Waals surface area contributed by atoms with Gasteiger partial charge in [-0.05, 0) is 38.8 Å². The second kappa shape index (κ2) is 2.54. The largest absolute Gasteiger partial charge is 0.299 e. The second-order valence-corrected chi connectivity index (χ2v) is 3.99. The molecule has 1 saturated heterocycles. The van der Waals surface area contributed by atoms with Gasteiger partial charge in [0.15, 0.2) is 0 Å². The monoisotopic (exact) mass is 140 g/mol. The number of likely N-dealkylation sites (tertiary alicyclic amines) is 1. The Labute approximate surface area is 64.4 Å². The topological polar surface area (TPSA) is 3.24 Å². The fraction of sp³-hybridized carbons (Fsp3) is 0.889. The highest BCUT2D eigenvalue weighted by Crippen LogP contribution is 2.38. The third-order valence-corrected chi connectivity index (χ3v) is 2.85. The molecule has 10 heavy (non-hydrogen) atoms. The van der Waals surface area contributed by atoms with E-state index in [0.717, 1.165) is 0 Å². The molecule has 0 unspecified atom stereocenters. The van der Waals surface area contributed by atoms with Crippen molar-refractivity contribution in [3.05, 3.63) is 6.04 Å². The van der Waals surface area contributed by atoms with Gasteiger partial charge < -0.3 is 0 Å². The molecule has 1 rings (SSSR count). The molecule has 0 aromatic carbocycles. The average molecular weight is 140 g/mol. The molecule has 1 nitrogen and oxygen atoms in total. The summed E-state index contributed by atoms with van der Waals surface area (Å²) >= 11 is 0. The third-order valence-electron chi connectivity index (χ3n) is 2.85. The van der Waals surface area contributed by atoms with Crippen LogP contribution in [0.1, 0.15) is 33.6 Å². The van der Waals surface area contributed by atoms with Gasteiger partial charge in [0.25, 0.3) is 0 Å². The first kappa shape index (κ1) is 8.06. The summed E-state index contributed by atoms with van der Waals surface area (Å²) in [6.07, 6.45) is 2.70. The molecule has 1 radical (unpaired) electrons. The molecule has 1 fully saturated rings. The van der Waals surface area contributed by atoms with Crippen molar-refractivity contribution in [2.75, 3.05) is 13.6 Å². The molecular weight excluding hydrogens is 122 g/mol. The fourth-order valence-corrected chi connectivity index (χ4v) is 1.62. The van der Waals surface area contributed by atoms with Crippen molar-refractivity contribution in [2.45, 2.75) is 33.6 Å². The zero-order chi connectivity index (χ0) is 7.78. The lowest BCUT2D eigenvalue weighted by Crippen LogP contribution is -2.39. The minimum Gasteiger partial charge on any atom is -0.299 e. The highest BCUT2D eigenvalue weighted by atomic mass is 15.1. The molecule has 0 amide bonds. The van der Waals surface area contributed by atoms with Crippen LogP contribution in [0.5, 0.6) is 0 Å². The third kappa shape index (κ3) is 1.34. The standard InChI is InChI=1S/C9H18N/c1-8-9(2,3)6-5-7-10(8)4/h5-7H2,1-4H3. The summed E-state index contributed by atoms with van der Waals surface area (Å²) in [7, 11) is 2.19. The van der Waals surface area contributed by atoms with Crippen molar-refractivity contribution >= 4 is 0 Å². The van der Waals surface area contributed by atoms with Gasteiger partial charge in [-0.2, -0.15) is 0 Å². The average Bonchev–Trinajstić information content (AvgIpc) is 1.83. The molecule has 1 heteroatoms. The minimum atomic E-state index is 0.451. The van der Waals surface area contributed by atoms with Crippen LogP contribution in [0.15, 0.2) is 0 Å². The summed E-state index contributed by atoms with van der Waals surface area (Å²) in [5.74, 6) is 0. The lowest BCUT2D eigenvalue weighted by atomic mass is 9.77. The van der Waals surface area contributed by atoms with E-state index in [9.17, 15) is 0 Å². The summed E-state index contributed by atoms with van der Waals surface area (Å²) in [6.45, 7) is 8.16. The van der Waals surface area contributed by atoms with E-state index < -0.39 is 0 Å². The Balaban J connectivity index is 2.60. The number of rotatable bonds is 0. The van der Waals surface area contributed by atoms with Crippen LogP contribution in [0.2, 0.25) is 0 Å². The van der Waals surface area contributed by atoms with Crippen molar-refractivity contribution in [1.29, 1.82) is 0 Å². The Morgan fingerprint density at radius 2 is 2.00 bits per heavy atom. The maximum Gasteiger partial charge on any atom is 0.0415 e. The maximum atomic E-state index is 2.38. The maximum absolute atomic E-state index is 2.38. The van der Waals surface area contributed by atoms with E-state index in [1.807, 2.05) is 0 Å². The van der Waals surface area contributed by atoms with Crippen LogP contribution in [-0.2, 0) is 0 Å². The molecular formula is C9H18N. The first-order valence-corrected chi connectivity index (χ1v) is 4.09. The van der Waals surface area contributed by atoms with Gasteiger partial charge in [-0.1, -0.05) is 13.8 Å². The Morgan fingerprint density at radius 3 is 2.40 bits per heavy atom. The van der Waals surface area contributed by atoms with Gasteiger partial charge >= 0.3 is 0 Å². The predicted molar refractivity (Wildman–Crippen MR) is 44.6 cm³/mol. The summed E-state index contributed by atoms with van der Waals surface area (Å²) in [4.78, 5) is 2.38. The Morgan fingerprint density at radius 1 is 1.40 bits per heavy atom. The SMILES string of the molecule is C[C]1N(C)CCCC1(C)C. The van der Waals surface area contributed by atoms with Crippen molar-refractivity contribution in [1.82, 2.24) is 4.90 Å². The highest BCUT2D eigenvalue weighted by molar-refractivity contribution is 5.00. The summed E-state index contributed by atoms with van der Waals surface area (Å²) in [5, 5.41) is 0. The van der Waals surface area contributed by atoms with Crippen LogP contribution in [0.25, 0.3) is 0 Å². The minimum absolute atomic E-state index is 0.451. The van der Waals surface area contributed by atoms with Crippen LogP contribution in [0.3, 0.4) is 0 Å². The summed E-state index contributed by atoms with van der Waals surface area (Å²) in [6, 6.07) is 1.54. The predicted octanol–water partition coefficient (Wildman–Crippen LogP) is 2.29. The molecule has 0 saturated carbocycles. The zero-order valence-corrected chi connectivity index (χ0v) is 7.57. The highest BCUT2D eigenvalue weighted by Gasteiger charge is 2.32. The van der Waals surface area contributed by atoms with Crippen LogP contribution >= 0.6 is 0 Å². The number of nitrogens with zero attached hydrogens (tertiary/aromatic N) is 1. The van der Waals surface area contributed by atoms with Crippen molar-refractivity contribution in [2.24, 2.45) is 5.41 Å². The van der Waals surface area contributed by atoms with E-state index in [4.69, 9.17) is 0 Å². The van der Waals surface area contributed by atoms with E-state index >= 15 is 0 Å². The van der Waals surface area contributed by atoms with Gasteiger partial charge in [0, 0.05) is 6.04 Å². The van der Waals surface area contributed by atoms with E-state index in [1.165, 1.54) is 19.4 Å². The van der Waals surface area contributed by atoms with Gasteiger partial charge in [-0.15, -0.1) is 0 Å². The molecule has 1 aliphatic heterocycles. The molecule has 0 bridgehead atoms. The number of hydrogen-bond donors (Lipinski definition) is 0. The van der Waals surface area contributed by atoms with Gasteiger partial charge in [-0.3, -0.25) is 4.90 Å². The smallest absolute Gasteiger partial charge is 0.0415 e. The quantitative estimate of drug-likeness (QED) is 0.499. The number of hydrogen-bond acceptors (Lipinski definition) is 1. The molecule has 0 atom stereocenters. The van der Waals surface area contributed by atoms with Crippen molar-refractivity contribution < 1.29 is 0 Å². The van der Waals surface area contributed by atoms with Gasteiger partial charge in [0.05, 0.1) is 0 Å². The van der Waals surface area contributed by atoms with E-state index in [-0.39, 0.29) is 0 Å². The van der Waals surface area contributed by atoms with Crippen LogP contribution in [-0.4, -0.2) is 18.5 Å².